The van der Waals surface area contributed by atoms with Crippen LogP contribution in [0, 0.1) is 0 Å². The number of rotatable bonds is 2. The van der Waals surface area contributed by atoms with Crippen LogP contribution in [0.4, 0.5) is 13.2 Å². The molecule has 0 bridgehead atoms. The van der Waals surface area contributed by atoms with Crippen molar-refractivity contribution < 1.29 is 18.0 Å². The van der Waals surface area contributed by atoms with E-state index in [1.807, 2.05) is 0 Å². The van der Waals surface area contributed by atoms with Crippen LogP contribution in [0.15, 0.2) is 30.5 Å². The van der Waals surface area contributed by atoms with Gasteiger partial charge in [-0.15, -0.1) is 0 Å². The molecule has 2 aromatic rings. The van der Waals surface area contributed by atoms with Crippen LogP contribution in [0.2, 0.25) is 10.0 Å². The second-order valence-corrected chi connectivity index (χ2v) is 6.09. The van der Waals surface area contributed by atoms with E-state index in [2.05, 4.69) is 9.97 Å². The molecule has 0 N–H and O–H groups in total. The van der Waals surface area contributed by atoms with Gasteiger partial charge in [-0.1, -0.05) is 29.3 Å². The summed E-state index contributed by atoms with van der Waals surface area (Å²) in [6.07, 6.45) is -3.45. The molecule has 0 spiro atoms. The van der Waals surface area contributed by atoms with Crippen molar-refractivity contribution in [3.05, 3.63) is 57.6 Å². The van der Waals surface area contributed by atoms with Crippen LogP contribution in [0.3, 0.4) is 0 Å². The number of hydrogen-bond donors (Lipinski definition) is 0. The van der Waals surface area contributed by atoms with Crippen LogP contribution in [0.25, 0.3) is 0 Å². The predicted octanol–water partition coefficient (Wildman–Crippen LogP) is 4.04. The maximum Gasteiger partial charge on any atom is 0.433 e. The fraction of sp³-hybridized carbons (Fsp3) is 0.267. The van der Waals surface area contributed by atoms with Crippen molar-refractivity contribution in [3.63, 3.8) is 0 Å². The van der Waals surface area contributed by atoms with Crippen molar-refractivity contribution in [1.82, 2.24) is 14.9 Å². The zero-order chi connectivity index (χ0) is 17.5. The molecule has 0 saturated carbocycles. The third kappa shape index (κ3) is 3.18. The van der Waals surface area contributed by atoms with E-state index in [9.17, 15) is 18.0 Å². The van der Waals surface area contributed by atoms with E-state index >= 15 is 0 Å². The molecular weight excluding hydrogens is 366 g/mol. The van der Waals surface area contributed by atoms with Crippen molar-refractivity contribution in [2.45, 2.75) is 12.1 Å². The monoisotopic (exact) mass is 375 g/mol. The summed E-state index contributed by atoms with van der Waals surface area (Å²) < 4.78 is 38.0. The highest BCUT2D eigenvalue weighted by Crippen LogP contribution is 2.32. The van der Waals surface area contributed by atoms with Crippen LogP contribution < -0.4 is 0 Å². The lowest BCUT2D eigenvalue weighted by Crippen LogP contribution is -2.49. The highest BCUT2D eigenvalue weighted by molar-refractivity contribution is 6.43. The molecule has 9 heteroatoms. The van der Waals surface area contributed by atoms with Gasteiger partial charge in [0.05, 0.1) is 21.5 Å². The lowest BCUT2D eigenvalue weighted by Gasteiger charge is -2.38. The van der Waals surface area contributed by atoms with E-state index in [0.717, 1.165) is 12.3 Å². The van der Waals surface area contributed by atoms with Crippen molar-refractivity contribution in [3.8, 4) is 0 Å². The lowest BCUT2D eigenvalue weighted by molar-refractivity contribution is -0.141. The fourth-order valence-corrected chi connectivity index (χ4v) is 2.76. The Labute approximate surface area is 145 Å². The molecule has 0 atom stereocenters. The number of carbonyl (C=O) groups excluding carboxylic acids is 1. The van der Waals surface area contributed by atoms with Crippen molar-refractivity contribution in [2.75, 3.05) is 13.1 Å². The highest BCUT2D eigenvalue weighted by Gasteiger charge is 2.37. The van der Waals surface area contributed by atoms with Gasteiger partial charge in [-0.2, -0.15) is 13.2 Å². The summed E-state index contributed by atoms with van der Waals surface area (Å²) in [6, 6.07) is 5.53. The van der Waals surface area contributed by atoms with Crippen LogP contribution in [0.5, 0.6) is 0 Å². The van der Waals surface area contributed by atoms with Gasteiger partial charge in [0.15, 0.2) is 0 Å². The summed E-state index contributed by atoms with van der Waals surface area (Å²) >= 11 is 11.9. The average Bonchev–Trinajstić information content (AvgIpc) is 2.48. The third-order valence-corrected chi connectivity index (χ3v) is 4.50. The second kappa shape index (κ2) is 6.22. The van der Waals surface area contributed by atoms with E-state index in [1.54, 1.807) is 18.2 Å². The summed E-state index contributed by atoms with van der Waals surface area (Å²) in [5, 5.41) is 0.420. The maximum atomic E-state index is 12.7. The number of halogens is 5. The Bertz CT molecular complexity index is 792. The minimum Gasteiger partial charge on any atom is -0.337 e. The minimum atomic E-state index is -4.52. The lowest BCUT2D eigenvalue weighted by atomic mass is 9.97. The second-order valence-electron chi connectivity index (χ2n) is 5.31. The Kier molecular flexibility index (Phi) is 4.40. The van der Waals surface area contributed by atoms with Crippen molar-refractivity contribution in [2.24, 2.45) is 0 Å². The third-order valence-electron chi connectivity index (χ3n) is 3.68. The maximum absolute atomic E-state index is 12.7. The average molecular weight is 376 g/mol. The topological polar surface area (TPSA) is 46.1 Å². The Balaban J connectivity index is 1.72. The summed E-state index contributed by atoms with van der Waals surface area (Å²) in [4.78, 5) is 21.2. The SMILES string of the molecule is O=C(c1cccc(Cl)c1Cl)N1CC(c2nccc(C(F)(F)F)n2)C1. The molecule has 0 unspecified atom stereocenters. The molecule has 0 radical (unpaired) electrons. The Morgan fingerprint density at radius 1 is 1.21 bits per heavy atom. The summed E-state index contributed by atoms with van der Waals surface area (Å²) in [5.74, 6) is -0.592. The number of benzene rings is 1. The molecule has 1 amide bonds. The molecule has 1 aliphatic rings. The highest BCUT2D eigenvalue weighted by atomic mass is 35.5. The quantitative estimate of drug-likeness (QED) is 0.795. The first-order chi connectivity index (χ1) is 11.3. The van der Waals surface area contributed by atoms with Gasteiger partial charge in [-0.05, 0) is 18.2 Å². The van der Waals surface area contributed by atoms with Gasteiger partial charge in [0, 0.05) is 19.3 Å². The molecule has 1 aliphatic heterocycles. The number of nitrogens with zero attached hydrogens (tertiary/aromatic N) is 3. The van der Waals surface area contributed by atoms with Crippen molar-refractivity contribution >= 4 is 29.1 Å². The standard InChI is InChI=1S/C15H10Cl2F3N3O/c16-10-3-1-2-9(12(10)17)14(24)23-6-8(7-23)13-21-5-4-11(22-13)15(18,19)20/h1-5,8H,6-7H2. The number of hydrogen-bond acceptors (Lipinski definition) is 3. The van der Waals surface area contributed by atoms with E-state index in [1.165, 1.54) is 4.90 Å². The van der Waals surface area contributed by atoms with Gasteiger partial charge < -0.3 is 4.90 Å². The Morgan fingerprint density at radius 2 is 1.92 bits per heavy atom. The van der Waals surface area contributed by atoms with Crippen LogP contribution >= 0.6 is 23.2 Å². The Hall–Kier alpha value is -1.86. The molecule has 126 valence electrons. The summed E-state index contributed by atoms with van der Waals surface area (Å²) in [6.45, 7) is 0.450. The zero-order valence-electron chi connectivity index (χ0n) is 12.0. The smallest absolute Gasteiger partial charge is 0.337 e. The molecule has 24 heavy (non-hydrogen) atoms. The first-order valence-corrected chi connectivity index (χ1v) is 7.66. The molecule has 2 heterocycles. The van der Waals surface area contributed by atoms with Crippen molar-refractivity contribution in [1.29, 1.82) is 0 Å². The van der Waals surface area contributed by atoms with Crippen LogP contribution in [0.1, 0.15) is 27.8 Å². The van der Waals surface area contributed by atoms with E-state index in [0.29, 0.717) is 0 Å². The first-order valence-electron chi connectivity index (χ1n) is 6.91. The number of carbonyl (C=O) groups is 1. The van der Waals surface area contributed by atoms with Gasteiger partial charge in [0.1, 0.15) is 11.5 Å². The number of aromatic nitrogens is 2. The minimum absolute atomic E-state index is 0.0751. The molecule has 1 saturated heterocycles. The van der Waals surface area contributed by atoms with E-state index in [-0.39, 0.29) is 46.3 Å². The summed E-state index contributed by atoms with van der Waals surface area (Å²) in [5.41, 5.74) is -0.734. The molecule has 1 aromatic heterocycles. The van der Waals surface area contributed by atoms with Gasteiger partial charge in [-0.25, -0.2) is 9.97 Å². The van der Waals surface area contributed by atoms with Gasteiger partial charge in [0.2, 0.25) is 0 Å². The van der Waals surface area contributed by atoms with E-state index < -0.39 is 11.9 Å². The molecule has 0 aliphatic carbocycles. The normalized spacial score (nSPS) is 15.3. The predicted molar refractivity (Wildman–Crippen MR) is 82.1 cm³/mol. The van der Waals surface area contributed by atoms with Gasteiger partial charge >= 0.3 is 6.18 Å². The molecule has 3 rings (SSSR count). The number of amides is 1. The van der Waals surface area contributed by atoms with Gasteiger partial charge in [-0.3, -0.25) is 4.79 Å². The molecule has 1 aromatic carbocycles. The Morgan fingerprint density at radius 3 is 2.58 bits per heavy atom. The molecular formula is C15H10Cl2F3N3O. The molecule has 1 fully saturated rings. The zero-order valence-corrected chi connectivity index (χ0v) is 13.5. The molecule has 4 nitrogen and oxygen atoms in total. The van der Waals surface area contributed by atoms with Crippen LogP contribution in [-0.4, -0.2) is 33.9 Å². The fourth-order valence-electron chi connectivity index (χ4n) is 2.38. The number of alkyl halides is 3. The first kappa shape index (κ1) is 17.0. The van der Waals surface area contributed by atoms with E-state index in [4.69, 9.17) is 23.2 Å². The number of likely N-dealkylation sites (tertiary alicyclic amines) is 1. The summed E-state index contributed by atoms with van der Waals surface area (Å²) in [7, 11) is 0. The van der Waals surface area contributed by atoms with Gasteiger partial charge in [0.25, 0.3) is 5.91 Å². The largest absolute Gasteiger partial charge is 0.433 e. The van der Waals surface area contributed by atoms with Crippen LogP contribution in [-0.2, 0) is 6.18 Å².